The summed E-state index contributed by atoms with van der Waals surface area (Å²) in [4.78, 5) is 0. The maximum atomic E-state index is 6.36. The fourth-order valence-electron chi connectivity index (χ4n) is 4.51. The van der Waals surface area contributed by atoms with Gasteiger partial charge in [0, 0.05) is 5.56 Å². The Hall–Kier alpha value is -2.89. The first-order chi connectivity index (χ1) is 16.3. The van der Waals surface area contributed by atoms with E-state index in [0.29, 0.717) is 0 Å². The summed E-state index contributed by atoms with van der Waals surface area (Å²) in [6, 6.07) is 41.9. The molecule has 0 saturated heterocycles. The molecule has 168 valence electrons. The highest BCUT2D eigenvalue weighted by molar-refractivity contribution is 7.95. The Morgan fingerprint density at radius 1 is 0.545 bits per heavy atom. The summed E-state index contributed by atoms with van der Waals surface area (Å²) in [5, 5.41) is 4.21. The van der Waals surface area contributed by atoms with Crippen molar-refractivity contribution < 1.29 is 4.74 Å². The van der Waals surface area contributed by atoms with E-state index in [2.05, 4.69) is 122 Å². The highest BCUT2D eigenvalue weighted by Crippen LogP contribution is 2.58. The summed E-state index contributed by atoms with van der Waals surface area (Å²) in [5.41, 5.74) is 1.29. The summed E-state index contributed by atoms with van der Waals surface area (Å²) < 4.78 is 6.36. The first kappa shape index (κ1) is 23.3. The van der Waals surface area contributed by atoms with Crippen LogP contribution in [0.2, 0.25) is 0 Å². The Labute approximate surface area is 199 Å². The highest BCUT2D eigenvalue weighted by Gasteiger charge is 2.45. The molecule has 0 aliphatic heterocycles. The average Bonchev–Trinajstić information content (AvgIpc) is 2.89. The quantitative estimate of drug-likeness (QED) is 0.173. The van der Waals surface area contributed by atoms with Crippen molar-refractivity contribution in [3.63, 3.8) is 0 Å². The van der Waals surface area contributed by atoms with Crippen LogP contribution in [0.15, 0.2) is 115 Å². The van der Waals surface area contributed by atoms with E-state index in [0.717, 1.165) is 24.9 Å². The van der Waals surface area contributed by atoms with Gasteiger partial charge in [-0.3, -0.25) is 0 Å². The van der Waals surface area contributed by atoms with E-state index in [1.807, 2.05) is 0 Å². The van der Waals surface area contributed by atoms with Gasteiger partial charge in [-0.1, -0.05) is 99.0 Å². The molecule has 0 saturated carbocycles. The summed E-state index contributed by atoms with van der Waals surface area (Å²) in [7, 11) is -1.93. The van der Waals surface area contributed by atoms with Crippen molar-refractivity contribution in [2.24, 2.45) is 0 Å². The lowest BCUT2D eigenvalue weighted by Crippen LogP contribution is -2.32. The third kappa shape index (κ3) is 5.55. The summed E-state index contributed by atoms with van der Waals surface area (Å²) in [6.07, 6.45) is 5.80. The fraction of sp³-hybridized carbons (Fsp3) is 0.226. The molecule has 4 rings (SSSR count). The average molecular weight is 454 g/mol. The van der Waals surface area contributed by atoms with Gasteiger partial charge in [0.2, 0.25) is 0 Å². The molecule has 0 atom stereocenters. The Kier molecular flexibility index (Phi) is 8.34. The van der Waals surface area contributed by atoms with E-state index in [-0.39, 0.29) is 0 Å². The normalized spacial score (nSPS) is 11.3. The molecule has 1 nitrogen and oxygen atoms in total. The number of rotatable bonds is 11. The number of hydrogen-bond acceptors (Lipinski definition) is 1. The SMILES string of the molecule is CCCCCCOc1ccccc1C[P+](c1ccccc1)(c1ccccc1)c1ccccc1. The smallest absolute Gasteiger partial charge is 0.126 e. The van der Waals surface area contributed by atoms with Crippen molar-refractivity contribution in [3.8, 4) is 5.75 Å². The van der Waals surface area contributed by atoms with Gasteiger partial charge in [0.25, 0.3) is 0 Å². The standard InChI is InChI=1S/C31H34OP/c1-2-3-4-16-25-32-31-24-15-14-17-27(31)26-33(28-18-8-5-9-19-28,29-20-10-6-11-21-29)30-22-12-7-13-23-30/h5-15,17-24H,2-4,16,25-26H2,1H3/q+1. The molecule has 33 heavy (non-hydrogen) atoms. The zero-order chi connectivity index (χ0) is 22.8. The van der Waals surface area contributed by atoms with E-state index in [4.69, 9.17) is 4.74 Å². The molecule has 0 heterocycles. The van der Waals surface area contributed by atoms with Crippen molar-refractivity contribution in [2.45, 2.75) is 38.8 Å². The third-order valence-electron chi connectivity index (χ3n) is 6.23. The van der Waals surface area contributed by atoms with Gasteiger partial charge in [-0.2, -0.15) is 0 Å². The molecule has 0 radical (unpaired) electrons. The number of benzene rings is 4. The maximum absolute atomic E-state index is 6.36. The second-order valence-electron chi connectivity index (χ2n) is 8.49. The van der Waals surface area contributed by atoms with Crippen LogP contribution in [0.25, 0.3) is 0 Å². The molecule has 2 heteroatoms. The largest absolute Gasteiger partial charge is 0.493 e. The van der Waals surface area contributed by atoms with Crippen molar-refractivity contribution in [1.82, 2.24) is 0 Å². The maximum Gasteiger partial charge on any atom is 0.126 e. The topological polar surface area (TPSA) is 9.23 Å². The molecule has 4 aromatic rings. The molecule has 0 aliphatic rings. The van der Waals surface area contributed by atoms with E-state index in [9.17, 15) is 0 Å². The fourth-order valence-corrected chi connectivity index (χ4v) is 8.77. The molecule has 0 unspecified atom stereocenters. The Bertz CT molecular complexity index is 997. The van der Waals surface area contributed by atoms with Crippen LogP contribution in [0.4, 0.5) is 0 Å². The summed E-state index contributed by atoms with van der Waals surface area (Å²) in [6.45, 7) is 3.03. The second kappa shape index (κ2) is 11.8. The van der Waals surface area contributed by atoms with Gasteiger partial charge in [-0.15, -0.1) is 0 Å². The second-order valence-corrected chi connectivity index (χ2v) is 12.0. The van der Waals surface area contributed by atoms with Crippen molar-refractivity contribution >= 4 is 23.2 Å². The van der Waals surface area contributed by atoms with Gasteiger partial charge in [0.15, 0.2) is 0 Å². The number of unbranched alkanes of at least 4 members (excludes halogenated alkanes) is 3. The first-order valence-corrected chi connectivity index (χ1v) is 14.1. The molecule has 0 aliphatic carbocycles. The zero-order valence-corrected chi connectivity index (χ0v) is 20.5. The summed E-state index contributed by atoms with van der Waals surface area (Å²) >= 11 is 0. The van der Waals surface area contributed by atoms with Crippen molar-refractivity contribution in [3.05, 3.63) is 121 Å². The van der Waals surface area contributed by atoms with Gasteiger partial charge >= 0.3 is 0 Å². The van der Waals surface area contributed by atoms with Crippen LogP contribution in [-0.2, 0) is 6.16 Å². The van der Waals surface area contributed by atoms with Gasteiger partial charge in [0.05, 0.1) is 6.61 Å². The van der Waals surface area contributed by atoms with Crippen LogP contribution in [-0.4, -0.2) is 6.61 Å². The van der Waals surface area contributed by atoms with E-state index < -0.39 is 7.26 Å². The lowest BCUT2D eigenvalue weighted by Gasteiger charge is -2.28. The predicted octanol–water partition coefficient (Wildman–Crippen LogP) is 7.14. The van der Waals surface area contributed by atoms with Crippen molar-refractivity contribution in [2.75, 3.05) is 6.61 Å². The van der Waals surface area contributed by atoms with Crippen LogP contribution < -0.4 is 20.7 Å². The van der Waals surface area contributed by atoms with Gasteiger partial charge in [0.1, 0.15) is 35.1 Å². The Balaban J connectivity index is 1.79. The Morgan fingerprint density at radius 2 is 1.03 bits per heavy atom. The van der Waals surface area contributed by atoms with Gasteiger partial charge < -0.3 is 4.74 Å². The van der Waals surface area contributed by atoms with Crippen molar-refractivity contribution in [1.29, 1.82) is 0 Å². The molecular formula is C31H34OP+. The van der Waals surface area contributed by atoms with Crippen LogP contribution in [0.5, 0.6) is 5.75 Å². The Morgan fingerprint density at radius 3 is 1.55 bits per heavy atom. The van der Waals surface area contributed by atoms with E-state index in [1.54, 1.807) is 0 Å². The van der Waals surface area contributed by atoms with Crippen LogP contribution >= 0.6 is 7.26 Å². The summed E-state index contributed by atoms with van der Waals surface area (Å²) in [5.74, 6) is 1.03. The van der Waals surface area contributed by atoms with E-state index in [1.165, 1.54) is 40.7 Å². The van der Waals surface area contributed by atoms with Gasteiger partial charge in [-0.05, 0) is 48.9 Å². The molecule has 0 spiro atoms. The third-order valence-corrected chi connectivity index (χ3v) is 10.6. The number of hydrogen-bond donors (Lipinski definition) is 0. The number of para-hydroxylation sites is 1. The highest BCUT2D eigenvalue weighted by atomic mass is 31.2. The lowest BCUT2D eigenvalue weighted by molar-refractivity contribution is 0.303. The monoisotopic (exact) mass is 453 g/mol. The van der Waals surface area contributed by atoms with Crippen LogP contribution in [0.1, 0.15) is 38.2 Å². The molecule has 0 fully saturated rings. The first-order valence-electron chi connectivity index (χ1n) is 12.1. The van der Waals surface area contributed by atoms with Crippen LogP contribution in [0, 0.1) is 0 Å². The minimum atomic E-state index is -1.93. The molecular weight excluding hydrogens is 419 g/mol. The van der Waals surface area contributed by atoms with Gasteiger partial charge in [-0.25, -0.2) is 0 Å². The predicted molar refractivity (Wildman–Crippen MR) is 145 cm³/mol. The number of ether oxygens (including phenoxy) is 1. The van der Waals surface area contributed by atoms with Crippen LogP contribution in [0.3, 0.4) is 0 Å². The minimum absolute atomic E-state index is 0.782. The molecule has 0 amide bonds. The zero-order valence-electron chi connectivity index (χ0n) is 19.6. The molecule has 0 aromatic heterocycles. The molecule has 0 N–H and O–H groups in total. The molecule has 4 aromatic carbocycles. The van der Waals surface area contributed by atoms with E-state index >= 15 is 0 Å². The lowest BCUT2D eigenvalue weighted by atomic mass is 10.2. The molecule has 0 bridgehead atoms. The minimum Gasteiger partial charge on any atom is -0.493 e.